The molecule has 0 saturated carbocycles. The predicted molar refractivity (Wildman–Crippen MR) is 110 cm³/mol. The third kappa shape index (κ3) is 4.93. The fourth-order valence-electron chi connectivity index (χ4n) is 3.33. The Kier molecular flexibility index (Phi) is 6.24. The molecule has 0 spiro atoms. The Balaban J connectivity index is 1.65. The minimum absolute atomic E-state index is 0.330. The summed E-state index contributed by atoms with van der Waals surface area (Å²) in [5, 5.41) is 3.66. The second-order valence-electron chi connectivity index (χ2n) is 7.97. The van der Waals surface area contributed by atoms with Crippen molar-refractivity contribution in [1.82, 2.24) is 19.9 Å². The molecule has 27 heavy (non-hydrogen) atoms. The highest BCUT2D eigenvalue weighted by molar-refractivity contribution is 5.42. The van der Waals surface area contributed by atoms with Crippen molar-refractivity contribution in [2.24, 2.45) is 0 Å². The van der Waals surface area contributed by atoms with Crippen molar-refractivity contribution in [2.45, 2.75) is 71.8 Å². The minimum atomic E-state index is 0.330. The predicted octanol–water partition coefficient (Wildman–Crippen LogP) is 4.16. The number of anilines is 2. The average Bonchev–Trinajstić information content (AvgIpc) is 2.68. The first kappa shape index (κ1) is 19.5. The van der Waals surface area contributed by atoms with E-state index in [9.17, 15) is 0 Å². The maximum Gasteiger partial charge on any atom is 0.133 e. The summed E-state index contributed by atoms with van der Waals surface area (Å²) < 4.78 is 0. The molecule has 0 amide bonds. The molecule has 2 aromatic heterocycles. The molecule has 3 heterocycles. The number of aryl methyl sites for hydroxylation is 1. The Bertz CT molecular complexity index is 724. The Morgan fingerprint density at radius 2 is 1.78 bits per heavy atom. The lowest BCUT2D eigenvalue weighted by molar-refractivity contribution is 0.521. The van der Waals surface area contributed by atoms with E-state index >= 15 is 0 Å². The van der Waals surface area contributed by atoms with Crippen LogP contribution < -0.4 is 10.2 Å². The van der Waals surface area contributed by atoms with E-state index in [2.05, 4.69) is 66.9 Å². The van der Waals surface area contributed by atoms with Crippen molar-refractivity contribution in [3.8, 4) is 0 Å². The summed E-state index contributed by atoms with van der Waals surface area (Å²) >= 11 is 0. The van der Waals surface area contributed by atoms with Gasteiger partial charge in [-0.1, -0.05) is 34.6 Å². The smallest absolute Gasteiger partial charge is 0.133 e. The first-order valence-electron chi connectivity index (χ1n) is 10.2. The molecule has 0 bridgehead atoms. The van der Waals surface area contributed by atoms with Crippen LogP contribution >= 0.6 is 0 Å². The zero-order valence-corrected chi connectivity index (χ0v) is 17.2. The molecular formula is C21H32N6. The molecule has 0 aliphatic carbocycles. The van der Waals surface area contributed by atoms with Gasteiger partial charge in [-0.25, -0.2) is 19.9 Å². The van der Waals surface area contributed by atoms with Crippen LogP contribution in [-0.4, -0.2) is 39.1 Å². The van der Waals surface area contributed by atoms with Gasteiger partial charge in [0, 0.05) is 48.6 Å². The van der Waals surface area contributed by atoms with Crippen LogP contribution in [0.4, 0.5) is 11.6 Å². The molecule has 0 radical (unpaired) electrons. The number of nitrogens with one attached hydrogen (secondary N) is 1. The Hall–Kier alpha value is -2.24. The summed E-state index contributed by atoms with van der Waals surface area (Å²) in [7, 11) is 0. The van der Waals surface area contributed by atoms with Crippen molar-refractivity contribution >= 4 is 11.6 Å². The number of aromatic nitrogens is 4. The van der Waals surface area contributed by atoms with E-state index in [4.69, 9.17) is 9.97 Å². The van der Waals surface area contributed by atoms with E-state index in [-0.39, 0.29) is 0 Å². The second kappa shape index (κ2) is 8.63. The summed E-state index contributed by atoms with van der Waals surface area (Å²) in [5.74, 6) is 3.67. The Morgan fingerprint density at radius 1 is 1.04 bits per heavy atom. The van der Waals surface area contributed by atoms with Crippen LogP contribution in [0.25, 0.3) is 0 Å². The summed E-state index contributed by atoms with van der Waals surface area (Å²) in [6.45, 7) is 12.8. The number of hydrogen-bond acceptors (Lipinski definition) is 6. The van der Waals surface area contributed by atoms with Crippen LogP contribution in [0.1, 0.15) is 76.5 Å². The van der Waals surface area contributed by atoms with Crippen LogP contribution in [0, 0.1) is 0 Å². The first-order chi connectivity index (χ1) is 13.0. The molecule has 0 unspecified atom stereocenters. The third-order valence-corrected chi connectivity index (χ3v) is 5.11. The fourth-order valence-corrected chi connectivity index (χ4v) is 3.33. The van der Waals surface area contributed by atoms with Crippen molar-refractivity contribution in [2.75, 3.05) is 23.3 Å². The number of hydrogen-bond donors (Lipinski definition) is 1. The number of piperidine rings is 1. The van der Waals surface area contributed by atoms with Gasteiger partial charge >= 0.3 is 0 Å². The first-order valence-corrected chi connectivity index (χ1v) is 10.2. The van der Waals surface area contributed by atoms with Crippen LogP contribution in [0.5, 0.6) is 0 Å². The third-order valence-electron chi connectivity index (χ3n) is 5.11. The van der Waals surface area contributed by atoms with Crippen molar-refractivity contribution in [3.05, 3.63) is 35.7 Å². The Labute approximate surface area is 162 Å². The van der Waals surface area contributed by atoms with Gasteiger partial charge in [0.05, 0.1) is 0 Å². The molecular weight excluding hydrogens is 336 g/mol. The molecule has 0 atom stereocenters. The average molecular weight is 369 g/mol. The lowest BCUT2D eigenvalue weighted by Crippen LogP contribution is -2.39. The summed E-state index contributed by atoms with van der Waals surface area (Å²) in [6.07, 6.45) is 4.77. The van der Waals surface area contributed by atoms with Gasteiger partial charge in [0.25, 0.3) is 0 Å². The molecule has 6 nitrogen and oxygen atoms in total. The van der Waals surface area contributed by atoms with E-state index in [1.165, 1.54) is 0 Å². The molecule has 6 heteroatoms. The maximum atomic E-state index is 4.75. The van der Waals surface area contributed by atoms with Crippen molar-refractivity contribution in [1.29, 1.82) is 0 Å². The van der Waals surface area contributed by atoms with Crippen molar-refractivity contribution in [3.63, 3.8) is 0 Å². The molecule has 1 fully saturated rings. The SMILES string of the molecule is CCc1cc(N2CCC(Nc3cc(C(C)C)nc(C(C)C)n3)CC2)ncn1. The van der Waals surface area contributed by atoms with E-state index in [0.29, 0.717) is 17.9 Å². The van der Waals surface area contributed by atoms with Gasteiger partial charge in [-0.15, -0.1) is 0 Å². The fraction of sp³-hybridized carbons (Fsp3) is 0.619. The van der Waals surface area contributed by atoms with Crippen LogP contribution in [0.15, 0.2) is 18.5 Å². The molecule has 0 aromatic carbocycles. The summed E-state index contributed by atoms with van der Waals surface area (Å²) in [5.41, 5.74) is 2.21. The highest BCUT2D eigenvalue weighted by Gasteiger charge is 2.21. The topological polar surface area (TPSA) is 66.8 Å². The lowest BCUT2D eigenvalue weighted by Gasteiger charge is -2.33. The van der Waals surface area contributed by atoms with E-state index in [1.54, 1.807) is 6.33 Å². The maximum absolute atomic E-state index is 4.75. The lowest BCUT2D eigenvalue weighted by atomic mass is 10.0. The minimum Gasteiger partial charge on any atom is -0.367 e. The zero-order valence-electron chi connectivity index (χ0n) is 17.2. The van der Waals surface area contributed by atoms with E-state index in [0.717, 1.165) is 61.2 Å². The second-order valence-corrected chi connectivity index (χ2v) is 7.97. The Morgan fingerprint density at radius 3 is 2.41 bits per heavy atom. The zero-order chi connectivity index (χ0) is 19.4. The highest BCUT2D eigenvalue weighted by Crippen LogP contribution is 2.23. The monoisotopic (exact) mass is 368 g/mol. The van der Waals surface area contributed by atoms with Gasteiger partial charge in [0.2, 0.25) is 0 Å². The summed E-state index contributed by atoms with van der Waals surface area (Å²) in [4.78, 5) is 20.6. The van der Waals surface area contributed by atoms with Gasteiger partial charge in [0.15, 0.2) is 0 Å². The van der Waals surface area contributed by atoms with Gasteiger partial charge < -0.3 is 10.2 Å². The standard InChI is InChI=1S/C21H32N6/c1-6-16-11-20(23-13-22-16)27-9-7-17(8-10-27)24-19-12-18(14(2)3)25-21(26-19)15(4)5/h11-15,17H,6-10H2,1-5H3,(H,24,25,26). The van der Waals surface area contributed by atoms with Gasteiger partial charge in [-0.05, 0) is 25.2 Å². The quantitative estimate of drug-likeness (QED) is 0.826. The molecule has 1 aliphatic rings. The van der Waals surface area contributed by atoms with E-state index in [1.807, 2.05) is 0 Å². The van der Waals surface area contributed by atoms with Gasteiger partial charge in [0.1, 0.15) is 23.8 Å². The van der Waals surface area contributed by atoms with Crippen molar-refractivity contribution < 1.29 is 0 Å². The molecule has 1 saturated heterocycles. The largest absolute Gasteiger partial charge is 0.367 e. The normalized spacial score (nSPS) is 15.6. The van der Waals surface area contributed by atoms with Crippen LogP contribution in [0.2, 0.25) is 0 Å². The highest BCUT2D eigenvalue weighted by atomic mass is 15.2. The number of rotatable bonds is 6. The van der Waals surface area contributed by atoms with Gasteiger partial charge in [-0.3, -0.25) is 0 Å². The summed E-state index contributed by atoms with van der Waals surface area (Å²) in [6, 6.07) is 4.66. The van der Waals surface area contributed by atoms with Gasteiger partial charge in [-0.2, -0.15) is 0 Å². The molecule has 146 valence electrons. The molecule has 3 rings (SSSR count). The van der Waals surface area contributed by atoms with E-state index < -0.39 is 0 Å². The van der Waals surface area contributed by atoms with Crippen LogP contribution in [-0.2, 0) is 6.42 Å². The van der Waals surface area contributed by atoms with Crippen LogP contribution in [0.3, 0.4) is 0 Å². The number of nitrogens with zero attached hydrogens (tertiary/aromatic N) is 5. The molecule has 2 aromatic rings. The molecule has 1 aliphatic heterocycles. The molecule has 1 N–H and O–H groups in total.